The molecule has 10 heteroatoms. The fourth-order valence-electron chi connectivity index (χ4n) is 3.95. The van der Waals surface area contributed by atoms with Gasteiger partial charge in [-0.2, -0.15) is 5.10 Å². The van der Waals surface area contributed by atoms with Gasteiger partial charge in [-0.1, -0.05) is 0 Å². The minimum Gasteiger partial charge on any atom is -0.444 e. The van der Waals surface area contributed by atoms with Crippen molar-refractivity contribution in [3.63, 3.8) is 0 Å². The molecule has 164 valence electrons. The fraction of sp³-hybridized carbons (Fsp3) is 0.318. The molecule has 10 nitrogen and oxygen atoms in total. The van der Waals surface area contributed by atoms with Crippen LogP contribution in [-0.2, 0) is 7.05 Å². The van der Waals surface area contributed by atoms with Crippen molar-refractivity contribution in [1.29, 1.82) is 0 Å². The maximum Gasteiger partial charge on any atom is 0.277 e. The van der Waals surface area contributed by atoms with Crippen LogP contribution in [0.2, 0.25) is 0 Å². The Balaban J connectivity index is 1.48. The molecular formula is C22H24N8O2. The van der Waals surface area contributed by atoms with Crippen molar-refractivity contribution in [2.24, 2.45) is 7.05 Å². The number of nitrogens with zero attached hydrogens (tertiary/aromatic N) is 6. The van der Waals surface area contributed by atoms with Crippen molar-refractivity contribution in [3.05, 3.63) is 42.0 Å². The van der Waals surface area contributed by atoms with Gasteiger partial charge in [-0.15, -0.1) is 0 Å². The Morgan fingerprint density at radius 1 is 1.19 bits per heavy atom. The average molecular weight is 432 g/mol. The normalized spacial score (nSPS) is 14.1. The van der Waals surface area contributed by atoms with E-state index in [0.29, 0.717) is 28.6 Å². The fourth-order valence-corrected chi connectivity index (χ4v) is 3.95. The smallest absolute Gasteiger partial charge is 0.277 e. The summed E-state index contributed by atoms with van der Waals surface area (Å²) in [5.41, 5.74) is 8.84. The predicted molar refractivity (Wildman–Crippen MR) is 121 cm³/mol. The Bertz CT molecular complexity index is 1300. The summed E-state index contributed by atoms with van der Waals surface area (Å²) in [6, 6.07) is 5.31. The van der Waals surface area contributed by atoms with E-state index in [2.05, 4.69) is 25.3 Å². The second-order valence-electron chi connectivity index (χ2n) is 7.95. The molecule has 4 aromatic heterocycles. The number of oxazole rings is 1. The Morgan fingerprint density at radius 2 is 2.00 bits per heavy atom. The van der Waals surface area contributed by atoms with Crippen molar-refractivity contribution < 1.29 is 9.21 Å². The van der Waals surface area contributed by atoms with Crippen LogP contribution in [0, 0.1) is 6.92 Å². The first-order valence-corrected chi connectivity index (χ1v) is 10.6. The molecule has 1 fully saturated rings. The van der Waals surface area contributed by atoms with Gasteiger partial charge in [0.15, 0.2) is 17.2 Å². The van der Waals surface area contributed by atoms with Crippen LogP contribution < -0.4 is 16.0 Å². The van der Waals surface area contributed by atoms with Crippen LogP contribution in [0.5, 0.6) is 0 Å². The highest BCUT2D eigenvalue weighted by Gasteiger charge is 2.22. The molecule has 5 rings (SSSR count). The third-order valence-corrected chi connectivity index (χ3v) is 5.77. The third kappa shape index (κ3) is 3.64. The highest BCUT2D eigenvalue weighted by atomic mass is 16.3. The molecule has 1 aliphatic heterocycles. The summed E-state index contributed by atoms with van der Waals surface area (Å²) >= 11 is 0. The molecule has 0 bridgehead atoms. The number of rotatable bonds is 4. The zero-order valence-electron chi connectivity index (χ0n) is 18.0. The minimum atomic E-state index is -0.372. The maximum atomic E-state index is 13.0. The van der Waals surface area contributed by atoms with Gasteiger partial charge in [-0.25, -0.2) is 15.0 Å². The molecule has 0 saturated carbocycles. The van der Waals surface area contributed by atoms with E-state index in [9.17, 15) is 4.79 Å². The lowest BCUT2D eigenvalue weighted by Crippen LogP contribution is -2.31. The molecule has 3 N–H and O–H groups in total. The number of pyridine rings is 2. The number of aryl methyl sites for hydroxylation is 2. The number of nitrogens with two attached hydrogens (primary N) is 1. The van der Waals surface area contributed by atoms with Gasteiger partial charge in [0.1, 0.15) is 12.1 Å². The summed E-state index contributed by atoms with van der Waals surface area (Å²) in [6.45, 7) is 3.77. The average Bonchev–Trinajstić information content (AvgIpc) is 3.40. The molecule has 0 aromatic carbocycles. The van der Waals surface area contributed by atoms with E-state index >= 15 is 0 Å². The van der Waals surface area contributed by atoms with Crippen molar-refractivity contribution in [1.82, 2.24) is 24.7 Å². The van der Waals surface area contributed by atoms with Crippen LogP contribution in [0.25, 0.3) is 22.5 Å². The quantitative estimate of drug-likeness (QED) is 0.503. The highest BCUT2D eigenvalue weighted by Crippen LogP contribution is 2.31. The van der Waals surface area contributed by atoms with Crippen LogP contribution >= 0.6 is 0 Å². The van der Waals surface area contributed by atoms with E-state index in [-0.39, 0.29) is 11.6 Å². The first kappa shape index (κ1) is 20.0. The number of amides is 1. The SMILES string of the molecule is Cc1c2cc(NC(=O)c3coc(-c4ccnc(N)c4)n3)c(N3CCCCC3)nc2nn1C. The van der Waals surface area contributed by atoms with Gasteiger partial charge in [0.2, 0.25) is 5.89 Å². The van der Waals surface area contributed by atoms with E-state index in [4.69, 9.17) is 15.1 Å². The number of hydrogen-bond donors (Lipinski definition) is 2. The van der Waals surface area contributed by atoms with E-state index < -0.39 is 0 Å². The first-order valence-electron chi connectivity index (χ1n) is 10.6. The highest BCUT2D eigenvalue weighted by molar-refractivity contribution is 6.05. The minimum absolute atomic E-state index is 0.169. The molecule has 0 atom stereocenters. The lowest BCUT2D eigenvalue weighted by atomic mass is 10.1. The number of hydrogen-bond acceptors (Lipinski definition) is 8. The number of aromatic nitrogens is 5. The standard InChI is InChI=1S/C22H24N8O2/c1-13-15-11-16(20(27-19(15)28-29(13)2)30-8-4-3-5-9-30)25-21(31)17-12-32-22(26-17)14-6-7-24-18(23)10-14/h6-7,10-12H,3-5,8-9H2,1-2H3,(H2,23,24)(H,25,31). The molecule has 32 heavy (non-hydrogen) atoms. The molecule has 5 heterocycles. The van der Waals surface area contributed by atoms with E-state index in [1.165, 1.54) is 12.7 Å². The number of nitrogen functional groups attached to an aromatic ring is 1. The van der Waals surface area contributed by atoms with Gasteiger partial charge >= 0.3 is 0 Å². The molecule has 0 radical (unpaired) electrons. The molecule has 0 unspecified atom stereocenters. The topological polar surface area (TPSA) is 128 Å². The number of fused-ring (bicyclic) bond motifs is 1. The molecule has 0 spiro atoms. The third-order valence-electron chi connectivity index (χ3n) is 5.77. The number of anilines is 3. The summed E-state index contributed by atoms with van der Waals surface area (Å²) in [5.74, 6) is 1.01. The van der Waals surface area contributed by atoms with E-state index in [1.807, 2.05) is 20.0 Å². The summed E-state index contributed by atoms with van der Waals surface area (Å²) in [6.07, 6.45) is 6.29. The molecule has 4 aromatic rings. The molecular weight excluding hydrogens is 408 g/mol. The van der Waals surface area contributed by atoms with Gasteiger partial charge in [0.25, 0.3) is 5.91 Å². The Hall–Kier alpha value is -3.95. The van der Waals surface area contributed by atoms with Gasteiger partial charge < -0.3 is 20.4 Å². The number of nitrogens with one attached hydrogen (secondary N) is 1. The van der Waals surface area contributed by atoms with Crippen molar-refractivity contribution in [2.45, 2.75) is 26.2 Å². The van der Waals surface area contributed by atoms with Crippen LogP contribution in [0.1, 0.15) is 35.4 Å². The molecule has 1 aliphatic rings. The lowest BCUT2D eigenvalue weighted by Gasteiger charge is -2.29. The Labute approximate surface area is 184 Å². The van der Waals surface area contributed by atoms with Crippen LogP contribution in [0.15, 0.2) is 35.1 Å². The summed E-state index contributed by atoms with van der Waals surface area (Å²) in [4.78, 5) is 28.4. The molecule has 0 aliphatic carbocycles. The van der Waals surface area contributed by atoms with E-state index in [1.54, 1.807) is 23.0 Å². The number of carbonyl (C=O) groups is 1. The second-order valence-corrected chi connectivity index (χ2v) is 7.95. The van der Waals surface area contributed by atoms with Gasteiger partial charge in [-0.05, 0) is 44.4 Å². The second kappa shape index (κ2) is 7.95. The van der Waals surface area contributed by atoms with Gasteiger partial charge in [0.05, 0.1) is 5.69 Å². The summed E-state index contributed by atoms with van der Waals surface area (Å²) in [5, 5.41) is 8.40. The predicted octanol–water partition coefficient (Wildman–Crippen LogP) is 3.15. The summed E-state index contributed by atoms with van der Waals surface area (Å²) < 4.78 is 7.31. The van der Waals surface area contributed by atoms with Crippen molar-refractivity contribution in [2.75, 3.05) is 29.0 Å². The molecule has 1 amide bonds. The zero-order valence-corrected chi connectivity index (χ0v) is 18.0. The van der Waals surface area contributed by atoms with Gasteiger partial charge in [0, 0.05) is 43.0 Å². The van der Waals surface area contributed by atoms with E-state index in [0.717, 1.165) is 42.8 Å². The number of carbonyl (C=O) groups excluding carboxylic acids is 1. The van der Waals surface area contributed by atoms with Crippen LogP contribution in [0.3, 0.4) is 0 Å². The largest absolute Gasteiger partial charge is 0.444 e. The van der Waals surface area contributed by atoms with Gasteiger partial charge in [-0.3, -0.25) is 9.48 Å². The first-order chi connectivity index (χ1) is 15.5. The Morgan fingerprint density at radius 3 is 2.78 bits per heavy atom. The molecule has 1 saturated heterocycles. The van der Waals surface area contributed by atoms with Crippen molar-refractivity contribution in [3.8, 4) is 11.5 Å². The monoisotopic (exact) mass is 432 g/mol. The zero-order chi connectivity index (χ0) is 22.2. The Kier molecular flexibility index (Phi) is 4.96. The van der Waals surface area contributed by atoms with Crippen molar-refractivity contribution >= 4 is 34.3 Å². The number of piperidine rings is 1. The van der Waals surface area contributed by atoms with Crippen LogP contribution in [0.4, 0.5) is 17.3 Å². The summed E-state index contributed by atoms with van der Waals surface area (Å²) in [7, 11) is 1.89. The maximum absolute atomic E-state index is 13.0. The van der Waals surface area contributed by atoms with Crippen LogP contribution in [-0.4, -0.2) is 43.7 Å². The lowest BCUT2D eigenvalue weighted by molar-refractivity contribution is 0.102.